The van der Waals surface area contributed by atoms with Gasteiger partial charge in [-0.25, -0.2) is 4.79 Å². The molecule has 0 saturated carbocycles. The van der Waals surface area contributed by atoms with Gasteiger partial charge in [0.05, 0.1) is 36.9 Å². The zero-order chi connectivity index (χ0) is 22.4. The van der Waals surface area contributed by atoms with E-state index < -0.39 is 6.10 Å². The lowest BCUT2D eigenvalue weighted by molar-refractivity contribution is -0.117. The largest absolute Gasteiger partial charge is 0.389 e. The first-order chi connectivity index (χ1) is 14.7. The second kappa shape index (κ2) is 8.34. The number of aliphatic hydroxyl groups is 1. The highest BCUT2D eigenvalue weighted by Crippen LogP contribution is 2.33. The molecule has 4 heterocycles. The summed E-state index contributed by atoms with van der Waals surface area (Å²) in [6.45, 7) is 9.57. The lowest BCUT2D eigenvalue weighted by Gasteiger charge is -2.15. The highest BCUT2D eigenvalue weighted by Gasteiger charge is 2.27. The number of β-amino-alcohol motifs (C(OH)–C–C–N with tert-alkyl or cyclic N) is 1. The van der Waals surface area contributed by atoms with Crippen LogP contribution in [0.3, 0.4) is 0 Å². The second-order valence-electron chi connectivity index (χ2n) is 8.70. The Labute approximate surface area is 183 Å². The number of aromatic amines is 1. The molecule has 9 nitrogen and oxygen atoms in total. The molecule has 2 N–H and O–H groups in total. The molecule has 3 aromatic heterocycles. The quantitative estimate of drug-likeness (QED) is 0.593. The molecule has 168 valence electrons. The third-order valence-electron chi connectivity index (χ3n) is 5.72. The number of fused-ring (bicyclic) bond motifs is 1. The number of aliphatic hydroxyl groups excluding tert-OH is 1. The molecule has 4 rings (SSSR count). The second-order valence-corrected chi connectivity index (χ2v) is 9.78. The lowest BCUT2D eigenvalue weighted by Crippen LogP contribution is -2.38. The SMILES string of the molecule is Cc1n[nH]c(C)c1Cc1sc2c(c1CN1C[C@H](O)CO1)c(=O)n(C)c(=O)n2CC(C)C. The van der Waals surface area contributed by atoms with E-state index in [1.165, 1.54) is 23.0 Å². The molecule has 3 aromatic rings. The average molecular weight is 448 g/mol. The molecule has 0 unspecified atom stereocenters. The number of hydrogen-bond donors (Lipinski definition) is 2. The number of H-pyrrole nitrogens is 1. The molecule has 0 amide bonds. The van der Waals surface area contributed by atoms with Crippen molar-refractivity contribution in [2.75, 3.05) is 13.2 Å². The summed E-state index contributed by atoms with van der Waals surface area (Å²) in [5, 5.41) is 19.5. The van der Waals surface area contributed by atoms with Crippen molar-refractivity contribution in [1.82, 2.24) is 24.4 Å². The molecule has 1 atom stereocenters. The Morgan fingerprint density at radius 3 is 2.61 bits per heavy atom. The Hall–Kier alpha value is -2.27. The number of thiophene rings is 1. The number of nitrogens with one attached hydrogen (secondary N) is 1. The summed E-state index contributed by atoms with van der Waals surface area (Å²) in [6, 6.07) is 0. The molecule has 1 saturated heterocycles. The van der Waals surface area contributed by atoms with Gasteiger partial charge >= 0.3 is 5.69 Å². The van der Waals surface area contributed by atoms with Crippen LogP contribution >= 0.6 is 11.3 Å². The van der Waals surface area contributed by atoms with Crippen molar-refractivity contribution in [3.05, 3.63) is 48.2 Å². The van der Waals surface area contributed by atoms with Gasteiger partial charge in [-0.1, -0.05) is 13.8 Å². The topological polar surface area (TPSA) is 105 Å². The van der Waals surface area contributed by atoms with Crippen molar-refractivity contribution in [1.29, 1.82) is 0 Å². The fourth-order valence-corrected chi connectivity index (χ4v) is 5.40. The molecule has 0 aromatic carbocycles. The van der Waals surface area contributed by atoms with E-state index in [0.717, 1.165) is 27.4 Å². The Bertz CT molecular complexity index is 1220. The summed E-state index contributed by atoms with van der Waals surface area (Å²) in [4.78, 5) is 33.5. The van der Waals surface area contributed by atoms with Crippen LogP contribution in [0.25, 0.3) is 10.2 Å². The Morgan fingerprint density at radius 1 is 1.29 bits per heavy atom. The van der Waals surface area contributed by atoms with E-state index in [0.29, 0.717) is 36.3 Å². The van der Waals surface area contributed by atoms with Crippen molar-refractivity contribution < 1.29 is 9.94 Å². The Morgan fingerprint density at radius 2 is 2.03 bits per heavy atom. The predicted molar refractivity (Wildman–Crippen MR) is 119 cm³/mol. The first kappa shape index (κ1) is 21.9. The Kier molecular flexibility index (Phi) is 5.91. The zero-order valence-corrected chi connectivity index (χ0v) is 19.4. The molecular weight excluding hydrogens is 418 g/mol. The average Bonchev–Trinajstić information content (AvgIpc) is 3.37. The molecule has 1 fully saturated rings. The minimum atomic E-state index is -0.548. The first-order valence-electron chi connectivity index (χ1n) is 10.5. The normalized spacial score (nSPS) is 17.5. The van der Waals surface area contributed by atoms with Crippen LogP contribution in [-0.2, 0) is 31.4 Å². The van der Waals surface area contributed by atoms with Gasteiger partial charge in [-0.3, -0.25) is 23.9 Å². The minimum absolute atomic E-state index is 0.243. The molecule has 10 heteroatoms. The van der Waals surface area contributed by atoms with Crippen LogP contribution < -0.4 is 11.2 Å². The third kappa shape index (κ3) is 4.00. The molecule has 0 bridgehead atoms. The van der Waals surface area contributed by atoms with Crippen molar-refractivity contribution in [2.24, 2.45) is 13.0 Å². The fourth-order valence-electron chi connectivity index (χ4n) is 4.08. The van der Waals surface area contributed by atoms with Gasteiger partial charge in [-0.05, 0) is 25.3 Å². The first-order valence-corrected chi connectivity index (χ1v) is 11.3. The van der Waals surface area contributed by atoms with E-state index in [1.807, 2.05) is 13.8 Å². The van der Waals surface area contributed by atoms with Gasteiger partial charge < -0.3 is 5.11 Å². The summed E-state index contributed by atoms with van der Waals surface area (Å²) < 4.78 is 2.91. The van der Waals surface area contributed by atoms with Crippen LogP contribution in [-0.4, -0.2) is 48.8 Å². The van der Waals surface area contributed by atoms with Gasteiger partial charge in [-0.15, -0.1) is 11.3 Å². The number of rotatable bonds is 6. The van der Waals surface area contributed by atoms with Crippen molar-refractivity contribution >= 4 is 21.6 Å². The number of hydroxylamine groups is 2. The van der Waals surface area contributed by atoms with Crippen LogP contribution in [0.2, 0.25) is 0 Å². The lowest BCUT2D eigenvalue weighted by atomic mass is 10.0. The van der Waals surface area contributed by atoms with Crippen LogP contribution in [0.4, 0.5) is 0 Å². The number of nitrogens with zero attached hydrogens (tertiary/aromatic N) is 4. The smallest absolute Gasteiger partial charge is 0.331 e. The molecule has 1 aliphatic rings. The fraction of sp³-hybridized carbons (Fsp3) is 0.571. The van der Waals surface area contributed by atoms with Crippen LogP contribution in [0.5, 0.6) is 0 Å². The molecule has 0 radical (unpaired) electrons. The van der Waals surface area contributed by atoms with E-state index in [4.69, 9.17) is 4.84 Å². The van der Waals surface area contributed by atoms with Crippen LogP contribution in [0.15, 0.2) is 9.59 Å². The molecule has 31 heavy (non-hydrogen) atoms. The summed E-state index contributed by atoms with van der Waals surface area (Å²) in [6.07, 6.45) is 0.0619. The monoisotopic (exact) mass is 447 g/mol. The van der Waals surface area contributed by atoms with E-state index in [1.54, 1.807) is 9.63 Å². The number of hydrogen-bond acceptors (Lipinski definition) is 7. The van der Waals surface area contributed by atoms with Gasteiger partial charge in [0.1, 0.15) is 4.83 Å². The maximum atomic E-state index is 13.2. The van der Waals surface area contributed by atoms with Crippen molar-refractivity contribution in [3.63, 3.8) is 0 Å². The van der Waals surface area contributed by atoms with Crippen molar-refractivity contribution in [3.8, 4) is 0 Å². The van der Waals surface area contributed by atoms with Crippen LogP contribution in [0, 0.1) is 19.8 Å². The van der Waals surface area contributed by atoms with E-state index in [2.05, 4.69) is 24.0 Å². The van der Waals surface area contributed by atoms with E-state index in [9.17, 15) is 14.7 Å². The predicted octanol–water partition coefficient (Wildman–Crippen LogP) is 1.46. The Balaban J connectivity index is 1.94. The highest BCUT2D eigenvalue weighted by atomic mass is 32.1. The van der Waals surface area contributed by atoms with Crippen LogP contribution in [0.1, 0.15) is 41.2 Å². The molecule has 1 aliphatic heterocycles. The van der Waals surface area contributed by atoms with Gasteiger partial charge in [-0.2, -0.15) is 10.2 Å². The standard InChI is InChI=1S/C21H29N5O4S/c1-11(2)7-26-20-18(19(28)24(5)21(26)29)16(9-25-8-14(27)10-30-25)17(31-20)6-15-12(3)22-23-13(15)4/h11,14,27H,6-10H2,1-5H3,(H,22,23)/t14-/m0/s1. The maximum Gasteiger partial charge on any atom is 0.331 e. The summed E-state index contributed by atoms with van der Waals surface area (Å²) in [7, 11) is 1.53. The van der Waals surface area contributed by atoms with Gasteiger partial charge in [0, 0.05) is 36.1 Å². The summed E-state index contributed by atoms with van der Waals surface area (Å²) in [5.74, 6) is 0.253. The van der Waals surface area contributed by atoms with Gasteiger partial charge in [0.15, 0.2) is 0 Å². The maximum absolute atomic E-state index is 13.2. The summed E-state index contributed by atoms with van der Waals surface area (Å²) in [5.41, 5.74) is 3.26. The number of aryl methyl sites for hydroxylation is 2. The molecule has 0 aliphatic carbocycles. The van der Waals surface area contributed by atoms with Gasteiger partial charge in [0.2, 0.25) is 0 Å². The number of aromatic nitrogens is 4. The molecular formula is C21H29N5O4S. The molecule has 0 spiro atoms. The zero-order valence-electron chi connectivity index (χ0n) is 18.6. The van der Waals surface area contributed by atoms with Crippen molar-refractivity contribution in [2.45, 2.75) is 53.3 Å². The van der Waals surface area contributed by atoms with Gasteiger partial charge in [0.25, 0.3) is 5.56 Å². The highest BCUT2D eigenvalue weighted by molar-refractivity contribution is 7.18. The third-order valence-corrected chi connectivity index (χ3v) is 6.97. The van der Waals surface area contributed by atoms with E-state index >= 15 is 0 Å². The van der Waals surface area contributed by atoms with E-state index in [-0.39, 0.29) is 23.8 Å². The minimum Gasteiger partial charge on any atom is -0.389 e. The summed E-state index contributed by atoms with van der Waals surface area (Å²) >= 11 is 1.49.